The summed E-state index contributed by atoms with van der Waals surface area (Å²) in [6.45, 7) is 0. The van der Waals surface area contributed by atoms with E-state index in [1.165, 1.54) is 0 Å². The van der Waals surface area contributed by atoms with Crippen molar-refractivity contribution in [3.63, 3.8) is 0 Å². The number of hydrogen-bond acceptors (Lipinski definition) is 2. The van der Waals surface area contributed by atoms with Crippen LogP contribution in [0, 0.1) is 0 Å². The molecule has 0 amide bonds. The summed E-state index contributed by atoms with van der Waals surface area (Å²) in [6.07, 6.45) is 2.59. The Morgan fingerprint density at radius 2 is 2.14 bits per heavy atom. The van der Waals surface area contributed by atoms with Gasteiger partial charge in [-0.25, -0.2) is 0 Å². The van der Waals surface area contributed by atoms with E-state index in [1.807, 2.05) is 6.07 Å². The van der Waals surface area contributed by atoms with Gasteiger partial charge in [-0.1, -0.05) is 11.6 Å². The van der Waals surface area contributed by atoms with Crippen molar-refractivity contribution < 1.29 is 9.47 Å². The van der Waals surface area contributed by atoms with Gasteiger partial charge in [-0.05, 0) is 34.8 Å². The van der Waals surface area contributed by atoms with E-state index in [2.05, 4.69) is 15.9 Å². The Labute approximate surface area is 96.3 Å². The molecule has 4 heteroatoms. The van der Waals surface area contributed by atoms with E-state index >= 15 is 0 Å². The Balaban J connectivity index is 2.33. The average Bonchev–Trinajstić information content (AvgIpc) is 2.93. The lowest BCUT2D eigenvalue weighted by atomic mass is 10.3. The van der Waals surface area contributed by atoms with Crippen LogP contribution in [-0.4, -0.2) is 13.2 Å². The third-order valence-electron chi connectivity index (χ3n) is 2.00. The Morgan fingerprint density at radius 3 is 2.71 bits per heavy atom. The first-order chi connectivity index (χ1) is 6.70. The molecule has 1 aromatic carbocycles. The van der Waals surface area contributed by atoms with Crippen molar-refractivity contribution in [1.82, 2.24) is 0 Å². The zero-order valence-corrected chi connectivity index (χ0v) is 10.1. The molecule has 1 aliphatic rings. The summed E-state index contributed by atoms with van der Waals surface area (Å²) in [7, 11) is 1.61. The van der Waals surface area contributed by atoms with Gasteiger partial charge in [0.1, 0.15) is 0 Å². The third kappa shape index (κ3) is 2.15. The number of rotatable bonds is 3. The number of halogens is 2. The molecule has 2 nitrogen and oxygen atoms in total. The Bertz CT molecular complexity index is 350. The monoisotopic (exact) mass is 276 g/mol. The lowest BCUT2D eigenvalue weighted by Gasteiger charge is -2.12. The van der Waals surface area contributed by atoms with E-state index in [4.69, 9.17) is 21.1 Å². The second kappa shape index (κ2) is 3.99. The number of hydrogen-bond donors (Lipinski definition) is 0. The summed E-state index contributed by atoms with van der Waals surface area (Å²) in [4.78, 5) is 0. The lowest BCUT2D eigenvalue weighted by Crippen LogP contribution is -1.99. The van der Waals surface area contributed by atoms with Crippen LogP contribution in [0.1, 0.15) is 12.8 Å². The molecule has 0 bridgehead atoms. The highest BCUT2D eigenvalue weighted by Crippen LogP contribution is 2.41. The Morgan fingerprint density at radius 1 is 1.43 bits per heavy atom. The Hall–Kier alpha value is -0.410. The fourth-order valence-electron chi connectivity index (χ4n) is 1.16. The molecule has 1 aromatic rings. The maximum atomic E-state index is 5.89. The largest absolute Gasteiger partial charge is 0.493 e. The summed E-state index contributed by atoms with van der Waals surface area (Å²) >= 11 is 9.29. The minimum atomic E-state index is 0.348. The van der Waals surface area contributed by atoms with E-state index in [0.717, 1.165) is 23.1 Å². The fraction of sp³-hybridized carbons (Fsp3) is 0.400. The average molecular weight is 278 g/mol. The summed E-state index contributed by atoms with van der Waals surface area (Å²) < 4.78 is 11.7. The van der Waals surface area contributed by atoms with E-state index in [-0.39, 0.29) is 0 Å². The van der Waals surface area contributed by atoms with Crippen LogP contribution >= 0.6 is 27.5 Å². The van der Waals surface area contributed by atoms with Gasteiger partial charge < -0.3 is 9.47 Å². The first-order valence-corrected chi connectivity index (χ1v) is 5.57. The minimum Gasteiger partial charge on any atom is -0.493 e. The highest BCUT2D eigenvalue weighted by Gasteiger charge is 2.26. The molecule has 1 saturated carbocycles. The molecule has 14 heavy (non-hydrogen) atoms. The van der Waals surface area contributed by atoms with Crippen molar-refractivity contribution in [2.24, 2.45) is 0 Å². The van der Waals surface area contributed by atoms with Crippen molar-refractivity contribution in [3.8, 4) is 11.5 Å². The minimum absolute atomic E-state index is 0.348. The van der Waals surface area contributed by atoms with Crippen LogP contribution in [0.2, 0.25) is 5.02 Å². The van der Waals surface area contributed by atoms with Gasteiger partial charge in [-0.15, -0.1) is 0 Å². The van der Waals surface area contributed by atoms with Crippen molar-refractivity contribution >= 4 is 27.5 Å². The van der Waals surface area contributed by atoms with Crippen molar-refractivity contribution in [2.75, 3.05) is 7.11 Å². The van der Waals surface area contributed by atoms with Crippen molar-refractivity contribution in [1.29, 1.82) is 0 Å². The lowest BCUT2D eigenvalue weighted by molar-refractivity contribution is 0.280. The van der Waals surface area contributed by atoms with Crippen molar-refractivity contribution in [3.05, 3.63) is 21.6 Å². The predicted octanol–water partition coefficient (Wildman–Crippen LogP) is 3.65. The smallest absolute Gasteiger partial charge is 0.175 e. The number of benzene rings is 1. The van der Waals surface area contributed by atoms with Gasteiger partial charge in [0.05, 0.1) is 17.7 Å². The molecule has 0 saturated heterocycles. The molecule has 0 N–H and O–H groups in total. The fourth-order valence-corrected chi connectivity index (χ4v) is 2.03. The quantitative estimate of drug-likeness (QED) is 0.839. The van der Waals surface area contributed by atoms with Gasteiger partial charge in [0, 0.05) is 11.1 Å². The third-order valence-corrected chi connectivity index (χ3v) is 2.81. The zero-order chi connectivity index (χ0) is 10.1. The molecule has 76 valence electrons. The van der Waals surface area contributed by atoms with E-state index < -0.39 is 0 Å². The number of ether oxygens (including phenoxy) is 2. The standard InChI is InChI=1S/C10H10BrClO2/c1-13-9-5-6(12)4-8(11)10(9)14-7-2-3-7/h4-5,7H,2-3H2,1H3. The molecule has 0 heterocycles. The van der Waals surface area contributed by atoms with E-state index in [9.17, 15) is 0 Å². The molecule has 0 spiro atoms. The second-order valence-electron chi connectivity index (χ2n) is 3.24. The highest BCUT2D eigenvalue weighted by molar-refractivity contribution is 9.10. The molecule has 0 aromatic heterocycles. The maximum absolute atomic E-state index is 5.89. The maximum Gasteiger partial charge on any atom is 0.175 e. The van der Waals surface area contributed by atoms with Gasteiger partial charge in [-0.3, -0.25) is 0 Å². The summed E-state index contributed by atoms with van der Waals surface area (Å²) in [5, 5.41) is 0.636. The van der Waals surface area contributed by atoms with E-state index in [0.29, 0.717) is 16.9 Å². The van der Waals surface area contributed by atoms with Crippen LogP contribution in [0.5, 0.6) is 11.5 Å². The van der Waals surface area contributed by atoms with Crippen LogP contribution in [0.15, 0.2) is 16.6 Å². The number of methoxy groups -OCH3 is 1. The van der Waals surface area contributed by atoms with E-state index in [1.54, 1.807) is 13.2 Å². The van der Waals surface area contributed by atoms with Crippen LogP contribution in [0.25, 0.3) is 0 Å². The van der Waals surface area contributed by atoms with Gasteiger partial charge in [-0.2, -0.15) is 0 Å². The van der Waals surface area contributed by atoms with Crippen LogP contribution in [-0.2, 0) is 0 Å². The van der Waals surface area contributed by atoms with Crippen LogP contribution < -0.4 is 9.47 Å². The molecular weight excluding hydrogens is 267 g/mol. The summed E-state index contributed by atoms with van der Waals surface area (Å²) in [5.41, 5.74) is 0. The van der Waals surface area contributed by atoms with Gasteiger partial charge in [0.2, 0.25) is 0 Å². The first-order valence-electron chi connectivity index (χ1n) is 4.40. The second-order valence-corrected chi connectivity index (χ2v) is 4.53. The van der Waals surface area contributed by atoms with Crippen molar-refractivity contribution in [2.45, 2.75) is 18.9 Å². The first kappa shape index (κ1) is 10.1. The molecule has 0 aliphatic heterocycles. The molecule has 0 unspecified atom stereocenters. The van der Waals surface area contributed by atoms with Crippen LogP contribution in [0.4, 0.5) is 0 Å². The molecule has 1 aliphatic carbocycles. The van der Waals surface area contributed by atoms with Gasteiger partial charge in [0.15, 0.2) is 11.5 Å². The summed E-state index contributed by atoms with van der Waals surface area (Å²) in [5.74, 6) is 1.43. The summed E-state index contributed by atoms with van der Waals surface area (Å²) in [6, 6.07) is 3.56. The molecule has 0 radical (unpaired) electrons. The predicted molar refractivity (Wildman–Crippen MR) is 59.4 cm³/mol. The van der Waals surface area contributed by atoms with Gasteiger partial charge in [0.25, 0.3) is 0 Å². The molecular formula is C10H10BrClO2. The zero-order valence-electron chi connectivity index (χ0n) is 7.72. The Kier molecular flexibility index (Phi) is 2.88. The SMILES string of the molecule is COc1cc(Cl)cc(Br)c1OC1CC1. The van der Waals surface area contributed by atoms with Gasteiger partial charge >= 0.3 is 0 Å². The highest BCUT2D eigenvalue weighted by atomic mass is 79.9. The molecule has 2 rings (SSSR count). The van der Waals surface area contributed by atoms with Crippen LogP contribution in [0.3, 0.4) is 0 Å². The molecule has 1 fully saturated rings. The topological polar surface area (TPSA) is 18.5 Å². The molecule has 0 atom stereocenters. The normalized spacial score (nSPS) is 15.4.